The molecule has 0 unspecified atom stereocenters. The van der Waals surface area contributed by atoms with Crippen molar-refractivity contribution in [2.75, 3.05) is 6.07 Å². The zero-order valence-electron chi connectivity index (χ0n) is 10.0. The van der Waals surface area contributed by atoms with E-state index in [-0.39, 0.29) is 21.4 Å². The highest BCUT2D eigenvalue weighted by molar-refractivity contribution is 6.36. The van der Waals surface area contributed by atoms with Gasteiger partial charge in [-0.3, -0.25) is 0 Å². The molecule has 0 spiro atoms. The summed E-state index contributed by atoms with van der Waals surface area (Å²) >= 11 is 16.8. The van der Waals surface area contributed by atoms with Crippen LogP contribution in [0.15, 0.2) is 17.7 Å². The second-order valence-corrected chi connectivity index (χ2v) is 5.05. The number of halogens is 6. The van der Waals surface area contributed by atoms with Crippen LogP contribution in [0.2, 0.25) is 10.0 Å². The minimum atomic E-state index is -4.82. The van der Waals surface area contributed by atoms with Gasteiger partial charge in [-0.05, 0) is 18.2 Å². The van der Waals surface area contributed by atoms with E-state index >= 15 is 0 Å². The first kappa shape index (κ1) is 16.3. The topological polar surface area (TPSA) is 35.5 Å². The molecule has 0 aliphatic carbocycles. The molecule has 1 aromatic rings. The highest BCUT2D eigenvalue weighted by Crippen LogP contribution is 2.42. The molecule has 1 atom stereocenters. The summed E-state index contributed by atoms with van der Waals surface area (Å²) in [5, 5.41) is 0.0990. The molecule has 0 N–H and O–H groups in total. The van der Waals surface area contributed by atoms with Crippen LogP contribution in [0, 0.1) is 0 Å². The van der Waals surface area contributed by atoms with Gasteiger partial charge >= 0.3 is 12.1 Å². The third-order valence-electron chi connectivity index (χ3n) is 2.58. The number of hydrogen-bond acceptors (Lipinski definition) is 3. The monoisotopic (exact) mass is 360 g/mol. The van der Waals surface area contributed by atoms with E-state index in [1.165, 1.54) is 12.1 Å². The second-order valence-electron chi connectivity index (χ2n) is 3.99. The van der Waals surface area contributed by atoms with E-state index in [1.54, 1.807) is 0 Å². The molecule has 114 valence electrons. The lowest BCUT2D eigenvalue weighted by molar-refractivity contribution is -0.187. The number of esters is 1. The third-order valence-corrected chi connectivity index (χ3v) is 3.19. The lowest BCUT2D eigenvalue weighted by Crippen LogP contribution is -2.40. The van der Waals surface area contributed by atoms with Crippen LogP contribution in [-0.4, -0.2) is 24.3 Å². The smallest absolute Gasteiger partial charge is 0.430 e. The number of rotatable bonds is 2. The Morgan fingerprint density at radius 1 is 1.33 bits per heavy atom. The maximum atomic E-state index is 13.0. The van der Waals surface area contributed by atoms with Crippen LogP contribution >= 0.6 is 34.8 Å². The van der Waals surface area contributed by atoms with E-state index < -0.39 is 29.9 Å². The number of carbonyl (C=O) groups excluding carboxylic acids is 1. The molecule has 21 heavy (non-hydrogen) atoms. The van der Waals surface area contributed by atoms with Crippen molar-refractivity contribution in [3.63, 3.8) is 0 Å². The van der Waals surface area contributed by atoms with Crippen molar-refractivity contribution < 1.29 is 27.4 Å². The molecule has 0 amide bonds. The van der Waals surface area contributed by atoms with Crippen molar-refractivity contribution in [3.05, 3.63) is 33.3 Å². The van der Waals surface area contributed by atoms with E-state index in [0.29, 0.717) is 0 Å². The lowest BCUT2D eigenvalue weighted by Gasteiger charge is -2.28. The molecular weight excluding hydrogens is 355 g/mol. The van der Waals surface area contributed by atoms with Crippen molar-refractivity contribution in [1.82, 2.24) is 0 Å². The van der Waals surface area contributed by atoms with Gasteiger partial charge in [0.05, 0.1) is 10.6 Å². The molecule has 9 heteroatoms. The fourth-order valence-corrected chi connectivity index (χ4v) is 2.43. The summed E-state index contributed by atoms with van der Waals surface area (Å²) in [5.74, 6) is -1.43. The first-order valence-electron chi connectivity index (χ1n) is 5.41. The van der Waals surface area contributed by atoms with Crippen LogP contribution in [0.3, 0.4) is 0 Å². The van der Waals surface area contributed by atoms with Gasteiger partial charge in [-0.1, -0.05) is 34.8 Å². The predicted octanol–water partition coefficient (Wildman–Crippen LogP) is 4.44. The van der Waals surface area contributed by atoms with Crippen LogP contribution in [0.5, 0.6) is 5.75 Å². The van der Waals surface area contributed by atoms with Crippen LogP contribution in [0.4, 0.5) is 13.2 Å². The maximum absolute atomic E-state index is 13.0. The SMILES string of the molecule is O=C(OCCl)C1=Cc2cc(Cl)cc(Cl)c2O[C@@H]1C(F)(F)F. The summed E-state index contributed by atoms with van der Waals surface area (Å²) in [6.45, 7) is 0. The minimum Gasteiger partial charge on any atom is -0.474 e. The normalized spacial score (nSPS) is 17.6. The van der Waals surface area contributed by atoms with Gasteiger partial charge in [0.1, 0.15) is 5.75 Å². The Kier molecular flexibility index (Phi) is 4.60. The Bertz CT molecular complexity index is 614. The first-order chi connectivity index (χ1) is 9.74. The number of benzene rings is 1. The van der Waals surface area contributed by atoms with Crippen molar-refractivity contribution in [1.29, 1.82) is 0 Å². The molecule has 1 aliphatic heterocycles. The molecule has 0 aromatic heterocycles. The number of hydrogen-bond donors (Lipinski definition) is 0. The van der Waals surface area contributed by atoms with Crippen molar-refractivity contribution in [2.24, 2.45) is 0 Å². The Morgan fingerprint density at radius 2 is 2.00 bits per heavy atom. The summed E-state index contributed by atoms with van der Waals surface area (Å²) in [5.41, 5.74) is -0.580. The van der Waals surface area contributed by atoms with Crippen LogP contribution < -0.4 is 4.74 Å². The highest BCUT2D eigenvalue weighted by Gasteiger charge is 2.49. The van der Waals surface area contributed by atoms with E-state index in [2.05, 4.69) is 4.74 Å². The van der Waals surface area contributed by atoms with Gasteiger partial charge in [0.15, 0.2) is 6.07 Å². The fourth-order valence-electron chi connectivity index (χ4n) is 1.78. The van der Waals surface area contributed by atoms with Crippen molar-refractivity contribution in [2.45, 2.75) is 12.3 Å². The van der Waals surface area contributed by atoms with Gasteiger partial charge in [-0.25, -0.2) is 4.79 Å². The molecule has 3 nitrogen and oxygen atoms in total. The van der Waals surface area contributed by atoms with Gasteiger partial charge in [0.2, 0.25) is 6.10 Å². The van der Waals surface area contributed by atoms with Crippen molar-refractivity contribution in [3.8, 4) is 5.75 Å². The van der Waals surface area contributed by atoms with E-state index in [0.717, 1.165) is 6.08 Å². The van der Waals surface area contributed by atoms with Crippen molar-refractivity contribution >= 4 is 46.8 Å². The summed E-state index contributed by atoms with van der Waals surface area (Å²) in [4.78, 5) is 11.6. The predicted molar refractivity (Wildman–Crippen MR) is 71.7 cm³/mol. The molecule has 0 bridgehead atoms. The molecule has 1 aromatic carbocycles. The van der Waals surface area contributed by atoms with Crippen LogP contribution in [0.25, 0.3) is 6.08 Å². The molecule has 1 heterocycles. The standard InChI is InChI=1S/C12H6Cl3F3O3/c13-4-20-11(19)7-2-5-1-6(14)3-8(15)9(5)21-10(7)12(16,17)18/h1-3,10H,4H2/t10-/m0/s1. The quantitative estimate of drug-likeness (QED) is 0.577. The Balaban J connectivity index is 2.55. The maximum Gasteiger partial charge on any atom is 0.430 e. The average Bonchev–Trinajstić information content (AvgIpc) is 2.36. The van der Waals surface area contributed by atoms with Gasteiger partial charge < -0.3 is 9.47 Å². The molecule has 2 rings (SSSR count). The minimum absolute atomic E-state index is 0.0900. The Morgan fingerprint density at radius 3 is 2.57 bits per heavy atom. The Labute approximate surface area is 132 Å². The summed E-state index contributed by atoms with van der Waals surface area (Å²) in [6, 6.07) is 1.98. The van der Waals surface area contributed by atoms with E-state index in [1.807, 2.05) is 0 Å². The first-order valence-corrected chi connectivity index (χ1v) is 6.70. The zero-order valence-corrected chi connectivity index (χ0v) is 12.3. The summed E-state index contributed by atoms with van der Waals surface area (Å²) in [7, 11) is 0. The van der Waals surface area contributed by atoms with Crippen LogP contribution in [-0.2, 0) is 9.53 Å². The second kappa shape index (κ2) is 5.94. The Hall–Kier alpha value is -1.11. The molecule has 0 saturated heterocycles. The molecule has 1 aliphatic rings. The number of ether oxygens (including phenoxy) is 2. The molecule has 0 saturated carbocycles. The average molecular weight is 362 g/mol. The highest BCUT2D eigenvalue weighted by atomic mass is 35.5. The van der Waals surface area contributed by atoms with Gasteiger partial charge in [-0.15, -0.1) is 0 Å². The van der Waals surface area contributed by atoms with Crippen LogP contribution in [0.1, 0.15) is 5.56 Å². The van der Waals surface area contributed by atoms with E-state index in [9.17, 15) is 18.0 Å². The molecular formula is C12H6Cl3F3O3. The van der Waals surface area contributed by atoms with Gasteiger partial charge in [0, 0.05) is 10.6 Å². The summed E-state index contributed by atoms with van der Waals surface area (Å²) < 4.78 is 48.3. The molecule has 0 radical (unpaired) electrons. The third kappa shape index (κ3) is 3.39. The van der Waals surface area contributed by atoms with Gasteiger partial charge in [0.25, 0.3) is 0 Å². The number of alkyl halides is 4. The largest absolute Gasteiger partial charge is 0.474 e. The molecule has 0 fully saturated rings. The van der Waals surface area contributed by atoms with Gasteiger partial charge in [-0.2, -0.15) is 13.2 Å². The zero-order chi connectivity index (χ0) is 15.8. The van der Waals surface area contributed by atoms with E-state index in [4.69, 9.17) is 39.5 Å². The number of fused-ring (bicyclic) bond motifs is 1. The lowest BCUT2D eigenvalue weighted by atomic mass is 10.0. The summed E-state index contributed by atoms with van der Waals surface area (Å²) in [6.07, 6.45) is -6.33. The fraction of sp³-hybridized carbons (Fsp3) is 0.250. The number of carbonyl (C=O) groups is 1.